The number of aromatic nitrogens is 3. The van der Waals surface area contributed by atoms with Crippen molar-refractivity contribution in [3.63, 3.8) is 0 Å². The third kappa shape index (κ3) is 2.85. The lowest BCUT2D eigenvalue weighted by Crippen LogP contribution is -2.02. The number of hydrogen-bond donors (Lipinski definition) is 2. The zero-order valence-electron chi connectivity index (χ0n) is 11.2. The Kier molecular flexibility index (Phi) is 3.79. The number of hydrogen-bond acceptors (Lipinski definition) is 4. The molecule has 0 aliphatic carbocycles. The number of furan rings is 1. The summed E-state index contributed by atoms with van der Waals surface area (Å²) in [5.41, 5.74) is 1.26. The van der Waals surface area contributed by atoms with E-state index in [1.807, 2.05) is 0 Å². The lowest BCUT2D eigenvalue weighted by molar-refractivity contribution is 0.158. The van der Waals surface area contributed by atoms with Crippen molar-refractivity contribution in [3.05, 3.63) is 60.1 Å². The van der Waals surface area contributed by atoms with E-state index in [2.05, 4.69) is 15.2 Å². The van der Waals surface area contributed by atoms with E-state index >= 15 is 0 Å². The average Bonchev–Trinajstić information content (AvgIpc) is 3.17. The molecule has 0 aliphatic rings. The monoisotopic (exact) mass is 287 g/mol. The number of nitrogens with one attached hydrogen (secondary N) is 1. The summed E-state index contributed by atoms with van der Waals surface area (Å²) in [4.78, 5) is 3.91. The van der Waals surface area contributed by atoms with Gasteiger partial charge in [-0.3, -0.25) is 5.10 Å². The summed E-state index contributed by atoms with van der Waals surface area (Å²) >= 11 is 0. The predicted octanol–water partition coefficient (Wildman–Crippen LogP) is 2.87. The van der Waals surface area contributed by atoms with Gasteiger partial charge in [0.15, 0.2) is 5.82 Å². The molecule has 0 spiro atoms. The van der Waals surface area contributed by atoms with Crippen molar-refractivity contribution in [1.82, 2.24) is 15.2 Å². The molecule has 108 valence electrons. The van der Waals surface area contributed by atoms with Gasteiger partial charge in [-0.25, -0.2) is 9.37 Å². The summed E-state index contributed by atoms with van der Waals surface area (Å²) in [5, 5.41) is 16.4. The minimum atomic E-state index is -0.764. The van der Waals surface area contributed by atoms with Crippen LogP contribution in [0.1, 0.15) is 23.9 Å². The van der Waals surface area contributed by atoms with Gasteiger partial charge in [-0.05, 0) is 36.6 Å². The Labute approximate surface area is 120 Å². The van der Waals surface area contributed by atoms with Gasteiger partial charge >= 0.3 is 0 Å². The van der Waals surface area contributed by atoms with E-state index in [4.69, 9.17) is 4.42 Å². The molecule has 2 aromatic heterocycles. The number of nitrogens with zero attached hydrogens (tertiary/aromatic N) is 2. The number of aryl methyl sites for hydroxylation is 1. The molecule has 21 heavy (non-hydrogen) atoms. The van der Waals surface area contributed by atoms with Crippen LogP contribution in [0.25, 0.3) is 11.3 Å². The third-order valence-electron chi connectivity index (χ3n) is 3.28. The number of rotatable bonds is 5. The molecule has 3 rings (SSSR count). The van der Waals surface area contributed by atoms with E-state index in [0.29, 0.717) is 30.0 Å². The minimum absolute atomic E-state index is 0.330. The van der Waals surface area contributed by atoms with Crippen molar-refractivity contribution in [2.45, 2.75) is 18.9 Å². The summed E-state index contributed by atoms with van der Waals surface area (Å²) in [5.74, 6) is 0.518. The molecule has 0 fully saturated rings. The summed E-state index contributed by atoms with van der Waals surface area (Å²) in [6.07, 6.45) is 3.14. The maximum Gasteiger partial charge on any atom is 0.178 e. The normalized spacial score (nSPS) is 12.5. The first kappa shape index (κ1) is 13.5. The Morgan fingerprint density at radius 3 is 2.90 bits per heavy atom. The zero-order chi connectivity index (χ0) is 14.7. The molecule has 3 aromatic rings. The minimum Gasteiger partial charge on any atom is -0.464 e. The first-order valence-electron chi connectivity index (χ1n) is 6.60. The van der Waals surface area contributed by atoms with Crippen molar-refractivity contribution in [2.24, 2.45) is 0 Å². The smallest absolute Gasteiger partial charge is 0.178 e. The number of aliphatic hydroxyl groups excluding tert-OH is 1. The lowest BCUT2D eigenvalue weighted by Gasteiger charge is -2.07. The Balaban J connectivity index is 1.76. The topological polar surface area (TPSA) is 74.9 Å². The number of benzene rings is 1. The van der Waals surface area contributed by atoms with Gasteiger partial charge in [0, 0.05) is 0 Å². The van der Waals surface area contributed by atoms with Crippen molar-refractivity contribution in [2.75, 3.05) is 0 Å². The van der Waals surface area contributed by atoms with Crippen LogP contribution in [0.5, 0.6) is 0 Å². The van der Waals surface area contributed by atoms with Crippen LogP contribution in [0.4, 0.5) is 4.39 Å². The zero-order valence-corrected chi connectivity index (χ0v) is 11.2. The Hall–Kier alpha value is -2.47. The molecule has 1 unspecified atom stereocenters. The van der Waals surface area contributed by atoms with Crippen LogP contribution in [0, 0.1) is 5.82 Å². The maximum atomic E-state index is 13.8. The highest BCUT2D eigenvalue weighted by atomic mass is 19.1. The van der Waals surface area contributed by atoms with Gasteiger partial charge in [-0.15, -0.1) is 0 Å². The lowest BCUT2D eigenvalue weighted by atomic mass is 10.0. The molecule has 0 amide bonds. The van der Waals surface area contributed by atoms with Crippen molar-refractivity contribution < 1.29 is 13.9 Å². The second-order valence-electron chi connectivity index (χ2n) is 4.67. The molecule has 0 saturated carbocycles. The van der Waals surface area contributed by atoms with Crippen molar-refractivity contribution >= 4 is 0 Å². The molecular formula is C15H14FN3O2. The van der Waals surface area contributed by atoms with E-state index in [-0.39, 0.29) is 5.82 Å². The van der Waals surface area contributed by atoms with Crippen LogP contribution >= 0.6 is 0 Å². The highest BCUT2D eigenvalue weighted by Gasteiger charge is 2.16. The van der Waals surface area contributed by atoms with Crippen molar-refractivity contribution in [3.8, 4) is 11.3 Å². The molecule has 0 aliphatic heterocycles. The molecule has 0 saturated heterocycles. The highest BCUT2D eigenvalue weighted by Crippen LogP contribution is 2.29. The number of aromatic amines is 1. The number of aliphatic hydroxyl groups is 1. The van der Waals surface area contributed by atoms with Crippen LogP contribution in [-0.4, -0.2) is 20.3 Å². The third-order valence-corrected chi connectivity index (χ3v) is 3.28. The molecule has 2 N–H and O–H groups in total. The van der Waals surface area contributed by atoms with Gasteiger partial charge in [0.05, 0.1) is 11.8 Å². The predicted molar refractivity (Wildman–Crippen MR) is 73.8 cm³/mol. The molecule has 1 atom stereocenters. The average molecular weight is 287 g/mol. The van der Waals surface area contributed by atoms with Crippen LogP contribution < -0.4 is 0 Å². The largest absolute Gasteiger partial charge is 0.464 e. The van der Waals surface area contributed by atoms with Crippen LogP contribution in [0.15, 0.2) is 47.3 Å². The standard InChI is InChI=1S/C15H14FN3O2/c16-12-4-2-1-3-11(12)14-10(7-8-21-14)5-6-13(20)15-17-9-18-19-15/h1-4,7-9,13,20H,5-6H2,(H,17,18,19). The van der Waals surface area contributed by atoms with Gasteiger partial charge in [-0.1, -0.05) is 12.1 Å². The van der Waals surface area contributed by atoms with Gasteiger partial charge in [0.2, 0.25) is 0 Å². The molecule has 2 heterocycles. The SMILES string of the molecule is OC(CCc1ccoc1-c1ccccc1F)c1nc[nH]n1. The molecule has 0 bridgehead atoms. The highest BCUT2D eigenvalue weighted by molar-refractivity contribution is 5.62. The van der Waals surface area contributed by atoms with Crippen LogP contribution in [0.2, 0.25) is 0 Å². The first-order chi connectivity index (χ1) is 10.3. The van der Waals surface area contributed by atoms with Crippen LogP contribution in [-0.2, 0) is 6.42 Å². The van der Waals surface area contributed by atoms with Gasteiger partial charge < -0.3 is 9.52 Å². The van der Waals surface area contributed by atoms with Gasteiger partial charge in [0.25, 0.3) is 0 Å². The first-order valence-corrected chi connectivity index (χ1v) is 6.60. The number of H-pyrrole nitrogens is 1. The summed E-state index contributed by atoms with van der Waals surface area (Å²) < 4.78 is 19.2. The molecular weight excluding hydrogens is 273 g/mol. The molecule has 5 nitrogen and oxygen atoms in total. The summed E-state index contributed by atoms with van der Waals surface area (Å²) in [7, 11) is 0. The fourth-order valence-electron chi connectivity index (χ4n) is 2.21. The fourth-order valence-corrected chi connectivity index (χ4v) is 2.21. The second kappa shape index (κ2) is 5.88. The van der Waals surface area contributed by atoms with E-state index in [1.165, 1.54) is 18.7 Å². The van der Waals surface area contributed by atoms with E-state index in [0.717, 1.165) is 5.56 Å². The van der Waals surface area contributed by atoms with E-state index in [9.17, 15) is 9.50 Å². The summed E-state index contributed by atoms with van der Waals surface area (Å²) in [6.45, 7) is 0. The number of halogens is 1. The van der Waals surface area contributed by atoms with Crippen LogP contribution in [0.3, 0.4) is 0 Å². The Morgan fingerprint density at radius 2 is 2.14 bits per heavy atom. The second-order valence-corrected chi connectivity index (χ2v) is 4.67. The molecule has 1 aromatic carbocycles. The fraction of sp³-hybridized carbons (Fsp3) is 0.200. The van der Waals surface area contributed by atoms with Gasteiger partial charge in [-0.2, -0.15) is 5.10 Å². The molecule has 0 radical (unpaired) electrons. The van der Waals surface area contributed by atoms with Gasteiger partial charge in [0.1, 0.15) is 24.0 Å². The summed E-state index contributed by atoms with van der Waals surface area (Å²) in [6, 6.07) is 8.24. The molecule has 6 heteroatoms. The van der Waals surface area contributed by atoms with E-state index in [1.54, 1.807) is 24.3 Å². The quantitative estimate of drug-likeness (QED) is 0.756. The Morgan fingerprint density at radius 1 is 1.29 bits per heavy atom. The van der Waals surface area contributed by atoms with Crippen molar-refractivity contribution in [1.29, 1.82) is 0 Å². The Bertz CT molecular complexity index is 709. The maximum absolute atomic E-state index is 13.8. The van der Waals surface area contributed by atoms with E-state index < -0.39 is 6.10 Å².